The maximum absolute atomic E-state index is 12.1. The van der Waals surface area contributed by atoms with Crippen molar-refractivity contribution >= 4 is 29.1 Å². The van der Waals surface area contributed by atoms with Crippen LogP contribution in [0, 0.1) is 6.92 Å². The van der Waals surface area contributed by atoms with Crippen LogP contribution in [0.15, 0.2) is 12.1 Å². The Hall–Kier alpha value is -1.89. The molecule has 6 nitrogen and oxygen atoms in total. The molecule has 0 unspecified atom stereocenters. The van der Waals surface area contributed by atoms with E-state index in [-0.39, 0.29) is 37.4 Å². The Balaban J connectivity index is 2.53. The molecule has 0 bridgehead atoms. The molecular weight excluding hydrogens is 292 g/mol. The number of aliphatic carboxylic acids is 1. The summed E-state index contributed by atoms with van der Waals surface area (Å²) in [5.41, 5.74) is 0. The van der Waals surface area contributed by atoms with E-state index < -0.39 is 5.97 Å². The summed E-state index contributed by atoms with van der Waals surface area (Å²) in [6.07, 6.45) is -0.109. The minimum atomic E-state index is -0.952. The van der Waals surface area contributed by atoms with E-state index in [9.17, 15) is 14.4 Å². The lowest BCUT2D eigenvalue weighted by molar-refractivity contribution is -0.138. The van der Waals surface area contributed by atoms with Gasteiger partial charge >= 0.3 is 5.97 Å². The summed E-state index contributed by atoms with van der Waals surface area (Å²) in [5.74, 6) is -1.53. The summed E-state index contributed by atoms with van der Waals surface area (Å²) in [6, 6.07) is 3.44. The maximum atomic E-state index is 12.1. The Kier molecular flexibility index (Phi) is 6.36. The molecule has 1 aromatic heterocycles. The second kappa shape index (κ2) is 7.78. The van der Waals surface area contributed by atoms with Crippen molar-refractivity contribution in [1.29, 1.82) is 0 Å². The van der Waals surface area contributed by atoms with Gasteiger partial charge in [-0.15, -0.1) is 11.3 Å². The summed E-state index contributed by atoms with van der Waals surface area (Å²) in [4.78, 5) is 37.5. The highest BCUT2D eigenvalue weighted by Crippen LogP contribution is 2.14. The number of carbonyl (C=O) groups is 3. The molecule has 1 heterocycles. The molecule has 0 aliphatic heterocycles. The number of carbonyl (C=O) groups excluding carboxylic acids is 2. The summed E-state index contributed by atoms with van der Waals surface area (Å²) in [6.45, 7) is 5.53. The summed E-state index contributed by atoms with van der Waals surface area (Å²) >= 11 is 1.36. The first kappa shape index (κ1) is 17.2. The molecule has 0 aliphatic carbocycles. The van der Waals surface area contributed by atoms with Gasteiger partial charge in [0.1, 0.15) is 0 Å². The first-order valence-corrected chi connectivity index (χ1v) is 7.48. The number of thiophene rings is 1. The Morgan fingerprint density at radius 1 is 1.33 bits per heavy atom. The molecular formula is C14H20N2O4S. The number of amides is 2. The highest BCUT2D eigenvalue weighted by atomic mass is 32.1. The van der Waals surface area contributed by atoms with Crippen molar-refractivity contribution in [2.75, 3.05) is 13.1 Å². The largest absolute Gasteiger partial charge is 0.481 e. The zero-order valence-corrected chi connectivity index (χ0v) is 13.2. The maximum Gasteiger partial charge on any atom is 0.305 e. The molecule has 116 valence electrons. The number of rotatable bonds is 7. The topological polar surface area (TPSA) is 86.7 Å². The summed E-state index contributed by atoms with van der Waals surface area (Å²) < 4.78 is 0. The van der Waals surface area contributed by atoms with Gasteiger partial charge in [0.2, 0.25) is 5.91 Å². The van der Waals surface area contributed by atoms with E-state index in [1.807, 2.05) is 26.8 Å². The molecule has 0 atom stereocenters. The van der Waals surface area contributed by atoms with Crippen molar-refractivity contribution in [3.63, 3.8) is 0 Å². The van der Waals surface area contributed by atoms with E-state index in [0.717, 1.165) is 4.88 Å². The van der Waals surface area contributed by atoms with Gasteiger partial charge in [-0.05, 0) is 32.9 Å². The van der Waals surface area contributed by atoms with Crippen LogP contribution < -0.4 is 5.32 Å². The second-order valence-corrected chi connectivity index (χ2v) is 6.21. The zero-order valence-electron chi connectivity index (χ0n) is 12.4. The molecule has 0 spiro atoms. The monoisotopic (exact) mass is 312 g/mol. The fourth-order valence-electron chi connectivity index (χ4n) is 1.79. The van der Waals surface area contributed by atoms with Crippen molar-refractivity contribution in [3.8, 4) is 0 Å². The highest BCUT2D eigenvalue weighted by molar-refractivity contribution is 7.13. The third-order valence-corrected chi connectivity index (χ3v) is 3.87. The van der Waals surface area contributed by atoms with Gasteiger partial charge in [0.25, 0.3) is 5.91 Å². The minimum Gasteiger partial charge on any atom is -0.481 e. The quantitative estimate of drug-likeness (QED) is 0.799. The van der Waals surface area contributed by atoms with Crippen LogP contribution in [0.2, 0.25) is 0 Å². The van der Waals surface area contributed by atoms with Gasteiger partial charge < -0.3 is 15.3 Å². The first-order chi connectivity index (χ1) is 9.81. The van der Waals surface area contributed by atoms with E-state index >= 15 is 0 Å². The summed E-state index contributed by atoms with van der Waals surface area (Å²) in [7, 11) is 0. The van der Waals surface area contributed by atoms with Crippen LogP contribution in [0.4, 0.5) is 0 Å². The lowest BCUT2D eigenvalue weighted by atomic mass is 10.2. The van der Waals surface area contributed by atoms with Crippen LogP contribution in [0.1, 0.15) is 34.8 Å². The Morgan fingerprint density at radius 3 is 2.48 bits per heavy atom. The van der Waals surface area contributed by atoms with Crippen LogP contribution in [-0.2, 0) is 9.59 Å². The molecule has 0 saturated carbocycles. The van der Waals surface area contributed by atoms with E-state index in [1.54, 1.807) is 6.07 Å². The van der Waals surface area contributed by atoms with Crippen LogP contribution in [0.5, 0.6) is 0 Å². The lowest BCUT2D eigenvalue weighted by Crippen LogP contribution is -2.44. The fourth-order valence-corrected chi connectivity index (χ4v) is 2.57. The van der Waals surface area contributed by atoms with Crippen LogP contribution in [-0.4, -0.2) is 46.9 Å². The molecule has 2 N–H and O–H groups in total. The number of nitrogens with one attached hydrogen (secondary N) is 1. The van der Waals surface area contributed by atoms with E-state index in [2.05, 4.69) is 5.32 Å². The van der Waals surface area contributed by atoms with Gasteiger partial charge in [-0.3, -0.25) is 14.4 Å². The Morgan fingerprint density at radius 2 is 2.00 bits per heavy atom. The number of carboxylic acids is 1. The number of hydrogen-bond acceptors (Lipinski definition) is 4. The summed E-state index contributed by atoms with van der Waals surface area (Å²) in [5, 5.41) is 11.3. The third kappa shape index (κ3) is 5.55. The molecule has 0 aromatic carbocycles. The lowest BCUT2D eigenvalue weighted by Gasteiger charge is -2.26. The smallest absolute Gasteiger partial charge is 0.305 e. The molecule has 1 aromatic rings. The van der Waals surface area contributed by atoms with Crippen LogP contribution in [0.3, 0.4) is 0 Å². The predicted molar refractivity (Wildman–Crippen MR) is 80.5 cm³/mol. The van der Waals surface area contributed by atoms with Crippen molar-refractivity contribution in [2.45, 2.75) is 33.2 Å². The van der Waals surface area contributed by atoms with Crippen molar-refractivity contribution < 1.29 is 19.5 Å². The SMILES string of the molecule is Cc1ccc(C(=O)NCC(=O)N(CCC(=O)O)C(C)C)s1. The van der Waals surface area contributed by atoms with E-state index in [0.29, 0.717) is 4.88 Å². The Bertz CT molecular complexity index is 525. The van der Waals surface area contributed by atoms with E-state index in [4.69, 9.17) is 5.11 Å². The molecule has 21 heavy (non-hydrogen) atoms. The van der Waals surface area contributed by atoms with Gasteiger partial charge in [-0.25, -0.2) is 0 Å². The number of hydrogen-bond donors (Lipinski definition) is 2. The normalized spacial score (nSPS) is 10.5. The number of nitrogens with zero attached hydrogens (tertiary/aromatic N) is 1. The van der Waals surface area contributed by atoms with Gasteiger partial charge in [0.15, 0.2) is 0 Å². The standard InChI is InChI=1S/C14H20N2O4S/c1-9(2)16(7-6-13(18)19)12(17)8-15-14(20)11-5-4-10(3)21-11/h4-5,9H,6-8H2,1-3H3,(H,15,20)(H,18,19). The van der Waals surface area contributed by atoms with Gasteiger partial charge in [0.05, 0.1) is 17.8 Å². The average Bonchev–Trinajstić information content (AvgIpc) is 2.82. The predicted octanol–water partition coefficient (Wildman–Crippen LogP) is 1.50. The third-order valence-electron chi connectivity index (χ3n) is 2.87. The molecule has 2 amide bonds. The molecule has 0 radical (unpaired) electrons. The van der Waals surface area contributed by atoms with E-state index in [1.165, 1.54) is 16.2 Å². The van der Waals surface area contributed by atoms with Gasteiger partial charge in [-0.2, -0.15) is 0 Å². The van der Waals surface area contributed by atoms with Gasteiger partial charge in [0, 0.05) is 17.5 Å². The van der Waals surface area contributed by atoms with Gasteiger partial charge in [-0.1, -0.05) is 0 Å². The number of carboxylic acid groups (broad SMARTS) is 1. The van der Waals surface area contributed by atoms with Crippen LogP contribution >= 0.6 is 11.3 Å². The van der Waals surface area contributed by atoms with Crippen LogP contribution in [0.25, 0.3) is 0 Å². The molecule has 1 rings (SSSR count). The van der Waals surface area contributed by atoms with Crippen molar-refractivity contribution in [1.82, 2.24) is 10.2 Å². The fraction of sp³-hybridized carbons (Fsp3) is 0.500. The Labute approximate surface area is 127 Å². The molecule has 7 heteroatoms. The van der Waals surface area contributed by atoms with Crippen molar-refractivity contribution in [3.05, 3.63) is 21.9 Å². The molecule has 0 fully saturated rings. The second-order valence-electron chi connectivity index (χ2n) is 4.92. The number of aryl methyl sites for hydroxylation is 1. The molecule has 0 saturated heterocycles. The molecule has 0 aliphatic rings. The first-order valence-electron chi connectivity index (χ1n) is 6.67. The zero-order chi connectivity index (χ0) is 16.0. The minimum absolute atomic E-state index is 0.109. The highest BCUT2D eigenvalue weighted by Gasteiger charge is 2.19. The average molecular weight is 312 g/mol. The van der Waals surface area contributed by atoms with Crippen molar-refractivity contribution in [2.24, 2.45) is 0 Å².